The van der Waals surface area contributed by atoms with Crippen molar-refractivity contribution in [3.8, 4) is 0 Å². The van der Waals surface area contributed by atoms with Crippen molar-refractivity contribution in [3.63, 3.8) is 0 Å². The molecule has 4 heteroatoms. The van der Waals surface area contributed by atoms with Gasteiger partial charge in [-0.15, -0.1) is 0 Å². The van der Waals surface area contributed by atoms with Gasteiger partial charge in [-0.3, -0.25) is 4.79 Å². The van der Waals surface area contributed by atoms with Crippen LogP contribution in [0.3, 0.4) is 0 Å². The Morgan fingerprint density at radius 2 is 0.733 bits per heavy atom. The number of halogens is 1. The zero-order valence-corrected chi connectivity index (χ0v) is 10.1. The minimum Gasteiger partial charge on any atom is -1.00 e. The van der Waals surface area contributed by atoms with Crippen molar-refractivity contribution in [2.24, 2.45) is 0 Å². The summed E-state index contributed by atoms with van der Waals surface area (Å²) >= 11 is 0. The summed E-state index contributed by atoms with van der Waals surface area (Å²) in [5.41, 5.74) is 0. The van der Waals surface area contributed by atoms with Crippen LogP contribution in [0.2, 0.25) is 0 Å². The van der Waals surface area contributed by atoms with Crippen molar-refractivity contribution in [3.05, 3.63) is 69.6 Å². The first-order valence-electron chi connectivity index (χ1n) is 3.76. The van der Waals surface area contributed by atoms with E-state index >= 15 is 0 Å². The van der Waals surface area contributed by atoms with Crippen molar-refractivity contribution < 1.29 is 35.8 Å². The molecule has 0 atom stereocenters. The molecule has 0 unspecified atom stereocenters. The summed E-state index contributed by atoms with van der Waals surface area (Å²) in [4.78, 5) is 8.24. The summed E-state index contributed by atoms with van der Waals surface area (Å²) in [6.07, 6.45) is 20.5. The molecule has 0 saturated heterocycles. The predicted molar refractivity (Wildman–Crippen MR) is 52.1 cm³/mol. The van der Waals surface area contributed by atoms with Crippen LogP contribution in [0.25, 0.3) is 5.41 Å². The molecule has 11 radical (unpaired) electrons. The van der Waals surface area contributed by atoms with Gasteiger partial charge in [-0.2, -0.15) is 0 Å². The number of hydrogen-bond donors (Lipinski definition) is 0. The number of nitrogens with zero attached hydrogens (tertiary/aromatic N) is 1. The van der Waals surface area contributed by atoms with Gasteiger partial charge >= 0.3 is 18.6 Å². The Balaban J connectivity index is -0.000000140. The van der Waals surface area contributed by atoms with Gasteiger partial charge in [0.25, 0.3) is 0 Å². The molecule has 0 N–H and O–H groups in total. The standard InChI is InChI=1S/2C5H5.CNO.ClH.V/c2*1-2-4-5-3-1;2-1-3;;/h2*1-5H;;1H;/q;;-1;;+4/p-1. The summed E-state index contributed by atoms with van der Waals surface area (Å²) < 4.78 is 0. The van der Waals surface area contributed by atoms with Crippen LogP contribution in [0, 0.1) is 64.2 Å². The second kappa shape index (κ2) is 19.8. The van der Waals surface area contributed by atoms with Crippen LogP contribution in [-0.2, 0) is 23.4 Å². The van der Waals surface area contributed by atoms with Gasteiger partial charge in [-0.25, -0.2) is 0 Å². The molecule has 0 aromatic rings. The number of rotatable bonds is 0. The second-order valence-electron chi connectivity index (χ2n) is 2.02. The second-order valence-corrected chi connectivity index (χ2v) is 2.02. The van der Waals surface area contributed by atoms with Gasteiger partial charge in [-0.05, 0) is 70.3 Å². The Morgan fingerprint density at radius 3 is 0.800 bits per heavy atom. The molecule has 0 bridgehead atoms. The molecule has 0 aromatic carbocycles. The molecule has 0 aliphatic heterocycles. The zero-order valence-electron chi connectivity index (χ0n) is 7.95. The third-order valence-corrected chi connectivity index (χ3v) is 1.11. The summed E-state index contributed by atoms with van der Waals surface area (Å²) in [5.74, 6) is 0. The van der Waals surface area contributed by atoms with E-state index in [2.05, 4.69) is 0 Å². The molecule has 75 valence electrons. The number of hydrogen-bond acceptors (Lipinski definition) is 1. The summed E-state index contributed by atoms with van der Waals surface area (Å²) in [5, 5.41) is 6.76. The molecule has 2 aliphatic rings. The summed E-state index contributed by atoms with van der Waals surface area (Å²) in [6.45, 7) is 0. The molecule has 0 amide bonds. The van der Waals surface area contributed by atoms with Crippen LogP contribution >= 0.6 is 0 Å². The monoisotopic (exact) mass is 258 g/mol. The molecule has 2 rings (SSSR count). The van der Waals surface area contributed by atoms with Gasteiger partial charge in [-0.1, -0.05) is 0 Å². The normalized spacial score (nSPS) is 16.5. The topological polar surface area (TPSA) is 39.4 Å². The Bertz CT molecular complexity index is 105. The fourth-order valence-electron chi connectivity index (χ4n) is 0.642. The van der Waals surface area contributed by atoms with Crippen molar-refractivity contribution in [1.29, 1.82) is 0 Å². The van der Waals surface area contributed by atoms with E-state index in [1.807, 2.05) is 64.2 Å². The van der Waals surface area contributed by atoms with E-state index in [1.54, 1.807) is 0 Å². The van der Waals surface area contributed by atoms with Gasteiger partial charge in [0.15, 0.2) is 0 Å². The van der Waals surface area contributed by atoms with E-state index in [1.165, 1.54) is 0 Å². The van der Waals surface area contributed by atoms with Crippen LogP contribution in [0.15, 0.2) is 0 Å². The molecular formula is C11H10ClNOV+2. The van der Waals surface area contributed by atoms with E-state index in [4.69, 9.17) is 10.2 Å². The molecule has 2 saturated carbocycles. The third kappa shape index (κ3) is 20.4. The Hall–Kier alpha value is 0.254. The molecule has 2 aliphatic carbocycles. The quantitative estimate of drug-likeness (QED) is 0.403. The van der Waals surface area contributed by atoms with Crippen LogP contribution < -0.4 is 12.4 Å². The largest absolute Gasteiger partial charge is 4.00 e. The van der Waals surface area contributed by atoms with Gasteiger partial charge in [0.05, 0.1) is 0 Å². The van der Waals surface area contributed by atoms with E-state index in [9.17, 15) is 0 Å². The van der Waals surface area contributed by atoms with Gasteiger partial charge in [0, 0.05) is 0 Å². The van der Waals surface area contributed by atoms with Crippen molar-refractivity contribution in [2.75, 3.05) is 0 Å². The van der Waals surface area contributed by atoms with Crippen LogP contribution in [-0.4, -0.2) is 6.08 Å². The first-order chi connectivity index (χ1) is 6.41. The van der Waals surface area contributed by atoms with Crippen LogP contribution in [0.5, 0.6) is 0 Å². The van der Waals surface area contributed by atoms with Crippen molar-refractivity contribution in [2.45, 2.75) is 0 Å². The molecule has 0 heterocycles. The van der Waals surface area contributed by atoms with E-state index in [0.29, 0.717) is 6.08 Å². The van der Waals surface area contributed by atoms with Crippen LogP contribution in [0.4, 0.5) is 0 Å². The molecule has 0 spiro atoms. The van der Waals surface area contributed by atoms with E-state index in [-0.39, 0.29) is 31.0 Å². The maximum absolute atomic E-state index is 8.24. The average Bonchev–Trinajstić information content (AvgIpc) is 2.85. The van der Waals surface area contributed by atoms with Gasteiger partial charge < -0.3 is 17.8 Å². The fraction of sp³-hybridized carbons (Fsp3) is 0. The summed E-state index contributed by atoms with van der Waals surface area (Å²) in [7, 11) is 0. The fourth-order valence-corrected chi connectivity index (χ4v) is 0.642. The Labute approximate surface area is 111 Å². The smallest absolute Gasteiger partial charge is 1.00 e. The minimum atomic E-state index is 0. The third-order valence-electron chi connectivity index (χ3n) is 1.11. The number of carbonyl (C=O) groups excluding carboxylic acids is 1. The summed E-state index contributed by atoms with van der Waals surface area (Å²) in [6, 6.07) is 0. The van der Waals surface area contributed by atoms with Gasteiger partial charge in [0.1, 0.15) is 0 Å². The van der Waals surface area contributed by atoms with Crippen molar-refractivity contribution >= 4 is 6.08 Å². The first-order valence-corrected chi connectivity index (χ1v) is 3.76. The first kappa shape index (κ1) is 20.6. The average molecular weight is 259 g/mol. The Morgan fingerprint density at radius 1 is 0.667 bits per heavy atom. The molecule has 0 aromatic heterocycles. The van der Waals surface area contributed by atoms with Crippen molar-refractivity contribution in [1.82, 2.24) is 0 Å². The molecule has 2 fully saturated rings. The van der Waals surface area contributed by atoms with E-state index < -0.39 is 0 Å². The zero-order chi connectivity index (χ0) is 9.78. The molecule has 2 nitrogen and oxygen atoms in total. The SMILES string of the molecule is [CH]1[CH][CH][CH][CH]1.[CH]1[CH][CH][CH][CH]1.[Cl-].[N-]=C=O.[V+4]. The maximum atomic E-state index is 8.24. The van der Waals surface area contributed by atoms with E-state index in [0.717, 1.165) is 0 Å². The Kier molecular flexibility index (Phi) is 27.2. The number of isocyanates is 1. The molecular weight excluding hydrogens is 249 g/mol. The maximum Gasteiger partial charge on any atom is 4.00 e. The molecule has 15 heavy (non-hydrogen) atoms. The predicted octanol–water partition coefficient (Wildman–Crippen LogP) is -1.06. The van der Waals surface area contributed by atoms with Gasteiger partial charge in [0.2, 0.25) is 0 Å². The van der Waals surface area contributed by atoms with Crippen LogP contribution in [0.1, 0.15) is 0 Å². The minimum absolute atomic E-state index is 0.